The standard InChI is InChI=1S/C20H18ClN5O2/c1-20(2)25-18(27)16-13(21)8-15(19(28)26(16)20)24-17-12-6-5-11(10-3-4-10)7-14(12)22-9-23-17/h5-10H,3-4H2,1-2H3,(H,25,27)(H,22,23,24). The topological polar surface area (TPSA) is 88.9 Å². The Hall–Kier alpha value is -2.93. The molecule has 2 N–H and O–H groups in total. The first-order chi connectivity index (χ1) is 13.3. The summed E-state index contributed by atoms with van der Waals surface area (Å²) >= 11 is 6.32. The van der Waals surface area contributed by atoms with Crippen molar-refractivity contribution in [2.75, 3.05) is 5.32 Å². The van der Waals surface area contributed by atoms with Crippen LogP contribution in [0.5, 0.6) is 0 Å². The van der Waals surface area contributed by atoms with Crippen LogP contribution in [-0.4, -0.2) is 20.4 Å². The number of amides is 1. The minimum absolute atomic E-state index is 0.170. The summed E-state index contributed by atoms with van der Waals surface area (Å²) < 4.78 is 1.38. The second-order valence-electron chi connectivity index (χ2n) is 7.81. The van der Waals surface area contributed by atoms with Crippen molar-refractivity contribution < 1.29 is 4.79 Å². The van der Waals surface area contributed by atoms with E-state index in [0.717, 1.165) is 10.9 Å². The van der Waals surface area contributed by atoms with Gasteiger partial charge in [0.15, 0.2) is 0 Å². The number of nitrogens with one attached hydrogen (secondary N) is 2. The Kier molecular flexibility index (Phi) is 3.55. The third-order valence-corrected chi connectivity index (χ3v) is 5.60. The van der Waals surface area contributed by atoms with E-state index in [4.69, 9.17) is 11.6 Å². The van der Waals surface area contributed by atoms with Gasteiger partial charge in [-0.15, -0.1) is 0 Å². The van der Waals surface area contributed by atoms with Crippen LogP contribution in [0.2, 0.25) is 5.02 Å². The van der Waals surface area contributed by atoms with E-state index < -0.39 is 5.66 Å². The lowest BCUT2D eigenvalue weighted by molar-refractivity contribution is 0.0935. The number of rotatable bonds is 3. The largest absolute Gasteiger partial charge is 0.335 e. The molecule has 0 spiro atoms. The predicted octanol–water partition coefficient (Wildman–Crippen LogP) is 3.50. The fourth-order valence-electron chi connectivity index (χ4n) is 3.78. The number of hydrogen-bond donors (Lipinski definition) is 2. The molecule has 0 atom stereocenters. The van der Waals surface area contributed by atoms with Crippen molar-refractivity contribution in [2.45, 2.75) is 38.3 Å². The van der Waals surface area contributed by atoms with Gasteiger partial charge in [-0.1, -0.05) is 17.7 Å². The molecule has 2 aliphatic rings. The van der Waals surface area contributed by atoms with Crippen LogP contribution in [-0.2, 0) is 5.66 Å². The van der Waals surface area contributed by atoms with E-state index >= 15 is 0 Å². The highest BCUT2D eigenvalue weighted by Gasteiger charge is 2.38. The van der Waals surface area contributed by atoms with E-state index in [2.05, 4.69) is 32.7 Å². The van der Waals surface area contributed by atoms with Gasteiger partial charge in [0.25, 0.3) is 11.5 Å². The van der Waals surface area contributed by atoms with Gasteiger partial charge in [0, 0.05) is 5.39 Å². The lowest BCUT2D eigenvalue weighted by Gasteiger charge is -2.22. The Balaban J connectivity index is 1.62. The highest BCUT2D eigenvalue weighted by molar-refractivity contribution is 6.34. The lowest BCUT2D eigenvalue weighted by Crippen LogP contribution is -2.42. The van der Waals surface area contributed by atoms with Gasteiger partial charge >= 0.3 is 0 Å². The van der Waals surface area contributed by atoms with Crippen molar-refractivity contribution in [3.05, 3.63) is 57.2 Å². The minimum atomic E-state index is -0.863. The van der Waals surface area contributed by atoms with Crippen molar-refractivity contribution in [3.63, 3.8) is 0 Å². The first-order valence-electron chi connectivity index (χ1n) is 9.15. The van der Waals surface area contributed by atoms with Crippen LogP contribution in [0.1, 0.15) is 48.7 Å². The lowest BCUT2D eigenvalue weighted by atomic mass is 10.1. The molecule has 7 nitrogen and oxygen atoms in total. The highest BCUT2D eigenvalue weighted by Crippen LogP contribution is 2.41. The first-order valence-corrected chi connectivity index (χ1v) is 9.53. The molecule has 1 saturated carbocycles. The van der Waals surface area contributed by atoms with Crippen LogP contribution >= 0.6 is 11.6 Å². The summed E-state index contributed by atoms with van der Waals surface area (Å²) in [6.45, 7) is 3.50. The number of pyridine rings is 1. The fourth-order valence-corrected chi connectivity index (χ4v) is 4.06. The maximum atomic E-state index is 13.1. The molecular weight excluding hydrogens is 378 g/mol. The van der Waals surface area contributed by atoms with Crippen LogP contribution in [0.15, 0.2) is 35.4 Å². The average molecular weight is 396 g/mol. The number of fused-ring (bicyclic) bond motifs is 2. The molecule has 8 heteroatoms. The quantitative estimate of drug-likeness (QED) is 0.708. The molecule has 0 radical (unpaired) electrons. The number of benzene rings is 1. The Bertz CT molecular complexity index is 1210. The van der Waals surface area contributed by atoms with E-state index in [0.29, 0.717) is 11.7 Å². The summed E-state index contributed by atoms with van der Waals surface area (Å²) in [5, 5.41) is 6.89. The molecule has 1 aliphatic carbocycles. The molecule has 1 fully saturated rings. The molecule has 3 aromatic rings. The Morgan fingerprint density at radius 2 is 2.00 bits per heavy atom. The summed E-state index contributed by atoms with van der Waals surface area (Å²) in [6, 6.07) is 7.62. The summed E-state index contributed by atoms with van der Waals surface area (Å²) in [5.41, 5.74) is 1.32. The molecule has 0 unspecified atom stereocenters. The van der Waals surface area contributed by atoms with Crippen LogP contribution in [0.4, 0.5) is 11.5 Å². The van der Waals surface area contributed by atoms with Gasteiger partial charge in [-0.05, 0) is 56.4 Å². The van der Waals surface area contributed by atoms with Crippen LogP contribution in [0.25, 0.3) is 10.9 Å². The van der Waals surface area contributed by atoms with Crippen molar-refractivity contribution in [1.29, 1.82) is 0 Å². The number of aromatic nitrogens is 3. The molecule has 1 aliphatic heterocycles. The van der Waals surface area contributed by atoms with Gasteiger partial charge in [-0.3, -0.25) is 14.2 Å². The second-order valence-corrected chi connectivity index (χ2v) is 8.21. The molecular formula is C20H18ClN5O2. The summed E-state index contributed by atoms with van der Waals surface area (Å²) in [7, 11) is 0. The van der Waals surface area contributed by atoms with Crippen LogP contribution < -0.4 is 16.2 Å². The van der Waals surface area contributed by atoms with E-state index in [1.807, 2.05) is 6.07 Å². The van der Waals surface area contributed by atoms with Gasteiger partial charge in [0.05, 0.1) is 10.5 Å². The van der Waals surface area contributed by atoms with Gasteiger partial charge < -0.3 is 10.6 Å². The van der Waals surface area contributed by atoms with Crippen LogP contribution in [0.3, 0.4) is 0 Å². The minimum Gasteiger partial charge on any atom is -0.335 e. The molecule has 1 aromatic carbocycles. The second kappa shape index (κ2) is 5.78. The molecule has 5 rings (SSSR count). The van der Waals surface area contributed by atoms with Crippen molar-refractivity contribution in [2.24, 2.45) is 0 Å². The highest BCUT2D eigenvalue weighted by atomic mass is 35.5. The third kappa shape index (κ3) is 2.57. The Morgan fingerprint density at radius 3 is 2.75 bits per heavy atom. The zero-order valence-electron chi connectivity index (χ0n) is 15.4. The molecule has 1 amide bonds. The molecule has 0 bridgehead atoms. The SMILES string of the molecule is CC1(C)NC(=O)c2c(Cl)cc(Nc3ncnc4cc(C5CC5)ccc34)c(=O)n21. The molecule has 28 heavy (non-hydrogen) atoms. The maximum absolute atomic E-state index is 13.1. The van der Waals surface area contributed by atoms with Crippen LogP contribution in [0, 0.1) is 0 Å². The Labute approximate surface area is 165 Å². The molecule has 2 aromatic heterocycles. The number of carbonyl (C=O) groups excluding carboxylic acids is 1. The van der Waals surface area contributed by atoms with E-state index in [9.17, 15) is 9.59 Å². The summed E-state index contributed by atoms with van der Waals surface area (Å²) in [5.74, 6) is 0.790. The number of hydrogen-bond acceptors (Lipinski definition) is 5. The third-order valence-electron chi connectivity index (χ3n) is 5.31. The number of anilines is 2. The van der Waals surface area contributed by atoms with E-state index in [-0.39, 0.29) is 27.9 Å². The van der Waals surface area contributed by atoms with Gasteiger partial charge in [-0.25, -0.2) is 9.97 Å². The normalized spacial score (nSPS) is 17.5. The summed E-state index contributed by atoms with van der Waals surface area (Å²) in [4.78, 5) is 33.9. The zero-order chi connectivity index (χ0) is 19.6. The zero-order valence-corrected chi connectivity index (χ0v) is 16.2. The molecule has 0 saturated heterocycles. The van der Waals surface area contributed by atoms with Gasteiger partial charge in [0.1, 0.15) is 29.2 Å². The number of carbonyl (C=O) groups is 1. The first kappa shape index (κ1) is 17.2. The van der Waals surface area contributed by atoms with E-state index in [1.54, 1.807) is 13.8 Å². The molecule has 142 valence electrons. The molecule has 3 heterocycles. The Morgan fingerprint density at radius 1 is 1.21 bits per heavy atom. The van der Waals surface area contributed by atoms with Gasteiger partial charge in [0.2, 0.25) is 0 Å². The summed E-state index contributed by atoms with van der Waals surface area (Å²) in [6.07, 6.45) is 3.91. The smallest absolute Gasteiger partial charge is 0.276 e. The number of halogens is 1. The maximum Gasteiger partial charge on any atom is 0.276 e. The van der Waals surface area contributed by atoms with Gasteiger partial charge in [-0.2, -0.15) is 0 Å². The monoisotopic (exact) mass is 395 g/mol. The number of nitrogens with zero attached hydrogens (tertiary/aromatic N) is 3. The average Bonchev–Trinajstić information content (AvgIpc) is 3.45. The predicted molar refractivity (Wildman–Crippen MR) is 107 cm³/mol. The van der Waals surface area contributed by atoms with Crippen molar-refractivity contribution >= 4 is 39.9 Å². The van der Waals surface area contributed by atoms with Crippen molar-refractivity contribution in [1.82, 2.24) is 19.9 Å². The van der Waals surface area contributed by atoms with Crippen molar-refractivity contribution in [3.8, 4) is 0 Å². The fraction of sp³-hybridized carbons (Fsp3) is 0.300. The van der Waals surface area contributed by atoms with E-state index in [1.165, 1.54) is 35.4 Å².